The quantitative estimate of drug-likeness (QED) is 0.111. The zero-order valence-corrected chi connectivity index (χ0v) is 23.3. The molecule has 0 aromatic heterocycles. The number of amides is 5. The van der Waals surface area contributed by atoms with Gasteiger partial charge in [0.2, 0.25) is 0 Å². The first-order valence-electron chi connectivity index (χ1n) is 11.9. The van der Waals surface area contributed by atoms with Crippen LogP contribution in [0.1, 0.15) is 12.5 Å². The number of halogens is 2. The van der Waals surface area contributed by atoms with Crippen LogP contribution in [0.2, 0.25) is 0 Å². The lowest BCUT2D eigenvalue weighted by molar-refractivity contribution is -0.384. The number of rotatable bonds is 9. The summed E-state index contributed by atoms with van der Waals surface area (Å²) in [6.07, 6.45) is 1.26. The van der Waals surface area contributed by atoms with E-state index < -0.39 is 34.5 Å². The minimum atomic E-state index is -1.00. The molecule has 0 unspecified atom stereocenters. The summed E-state index contributed by atoms with van der Waals surface area (Å²) >= 11 is 1.94. The van der Waals surface area contributed by atoms with E-state index in [-0.39, 0.29) is 41.7 Å². The van der Waals surface area contributed by atoms with E-state index in [4.69, 9.17) is 9.47 Å². The van der Waals surface area contributed by atoms with Crippen molar-refractivity contribution in [2.24, 2.45) is 0 Å². The van der Waals surface area contributed by atoms with Crippen molar-refractivity contribution in [2.75, 3.05) is 23.4 Å². The van der Waals surface area contributed by atoms with Gasteiger partial charge in [0.05, 0.1) is 20.8 Å². The molecule has 3 aromatic rings. The van der Waals surface area contributed by atoms with Gasteiger partial charge in [-0.3, -0.25) is 29.8 Å². The summed E-state index contributed by atoms with van der Waals surface area (Å²) in [5.74, 6) is -2.33. The molecular formula is C27H20FIN4O8. The number of hydrogen-bond acceptors (Lipinski definition) is 8. The predicted molar refractivity (Wildman–Crippen MR) is 153 cm³/mol. The molecular weight excluding hydrogens is 654 g/mol. The molecule has 12 nitrogen and oxygen atoms in total. The molecule has 0 atom stereocenters. The van der Waals surface area contributed by atoms with Crippen LogP contribution in [0.25, 0.3) is 6.08 Å². The second-order valence-corrected chi connectivity index (χ2v) is 9.50. The van der Waals surface area contributed by atoms with Crippen LogP contribution in [0.15, 0.2) is 66.2 Å². The third-order valence-electron chi connectivity index (χ3n) is 5.54. The fourth-order valence-corrected chi connectivity index (χ4v) is 4.51. The molecule has 3 aromatic carbocycles. The largest absolute Gasteiger partial charge is 0.490 e. The van der Waals surface area contributed by atoms with Crippen LogP contribution in [0.4, 0.5) is 26.2 Å². The van der Waals surface area contributed by atoms with E-state index in [1.165, 1.54) is 48.5 Å². The van der Waals surface area contributed by atoms with Gasteiger partial charge < -0.3 is 14.8 Å². The highest BCUT2D eigenvalue weighted by molar-refractivity contribution is 14.1. The van der Waals surface area contributed by atoms with Crippen molar-refractivity contribution in [3.05, 3.63) is 91.3 Å². The van der Waals surface area contributed by atoms with Crippen LogP contribution in [0, 0.1) is 19.5 Å². The van der Waals surface area contributed by atoms with Gasteiger partial charge in [0.15, 0.2) is 18.1 Å². The maximum Gasteiger partial charge on any atom is 0.335 e. The molecule has 0 saturated carbocycles. The number of nitrogens with one attached hydrogen (secondary N) is 2. The molecule has 41 heavy (non-hydrogen) atoms. The molecule has 210 valence electrons. The number of nitro groups is 1. The van der Waals surface area contributed by atoms with E-state index in [2.05, 4.69) is 10.6 Å². The Kier molecular flexibility index (Phi) is 8.91. The minimum absolute atomic E-state index is 0.0312. The molecule has 4 rings (SSSR count). The van der Waals surface area contributed by atoms with Gasteiger partial charge >= 0.3 is 6.03 Å². The summed E-state index contributed by atoms with van der Waals surface area (Å²) < 4.78 is 24.9. The predicted octanol–water partition coefficient (Wildman–Crippen LogP) is 4.42. The third-order valence-corrected chi connectivity index (χ3v) is 6.34. The van der Waals surface area contributed by atoms with Crippen LogP contribution in [-0.4, -0.2) is 41.9 Å². The number of carbonyl (C=O) groups is 4. The molecule has 0 bridgehead atoms. The summed E-state index contributed by atoms with van der Waals surface area (Å²) in [7, 11) is 0. The van der Waals surface area contributed by atoms with Crippen LogP contribution in [-0.2, 0) is 14.4 Å². The van der Waals surface area contributed by atoms with E-state index in [0.29, 0.717) is 19.7 Å². The molecule has 1 aliphatic heterocycles. The summed E-state index contributed by atoms with van der Waals surface area (Å²) in [6, 6.07) is 12.0. The van der Waals surface area contributed by atoms with Crippen molar-refractivity contribution in [1.82, 2.24) is 5.32 Å². The number of barbiturate groups is 1. The number of non-ortho nitro benzene ring substituents is 1. The maximum atomic E-state index is 13.2. The number of imide groups is 2. The van der Waals surface area contributed by atoms with Gasteiger partial charge in [-0.05, 0) is 89.7 Å². The Balaban J connectivity index is 1.57. The molecule has 14 heteroatoms. The van der Waals surface area contributed by atoms with E-state index in [1.807, 2.05) is 22.6 Å². The van der Waals surface area contributed by atoms with Crippen LogP contribution in [0.3, 0.4) is 0 Å². The van der Waals surface area contributed by atoms with E-state index in [9.17, 15) is 33.7 Å². The number of nitrogens with zero attached hydrogens (tertiary/aromatic N) is 2. The summed E-state index contributed by atoms with van der Waals surface area (Å²) in [4.78, 5) is 61.6. The highest BCUT2D eigenvalue weighted by Crippen LogP contribution is 2.35. The first-order valence-corrected chi connectivity index (χ1v) is 13.0. The number of urea groups is 1. The van der Waals surface area contributed by atoms with E-state index in [1.54, 1.807) is 13.0 Å². The smallest absolute Gasteiger partial charge is 0.335 e. The van der Waals surface area contributed by atoms with E-state index >= 15 is 0 Å². The molecule has 0 spiro atoms. The normalized spacial score (nSPS) is 14.1. The van der Waals surface area contributed by atoms with Crippen molar-refractivity contribution >= 4 is 69.5 Å². The average Bonchev–Trinajstić information content (AvgIpc) is 2.92. The van der Waals surface area contributed by atoms with Gasteiger partial charge in [0.1, 0.15) is 11.4 Å². The average molecular weight is 674 g/mol. The minimum Gasteiger partial charge on any atom is -0.490 e. The molecule has 1 saturated heterocycles. The molecule has 1 aliphatic rings. The third kappa shape index (κ3) is 6.84. The first-order chi connectivity index (χ1) is 19.6. The standard InChI is InChI=1S/C27H20FIN4O8/c1-2-40-22-13-15(12-21(29)24(22)41-14-23(34)30-17-5-3-16(28)4-6-17)11-20-25(35)31-27(37)32(26(20)36)18-7-9-19(10-8-18)33(38)39/h3-13H,2,14H2,1H3,(H,30,34)(H,31,35,37)/b20-11-. The van der Waals surface area contributed by atoms with Crippen molar-refractivity contribution in [3.63, 3.8) is 0 Å². The van der Waals surface area contributed by atoms with Crippen molar-refractivity contribution in [2.45, 2.75) is 6.92 Å². The summed E-state index contributed by atoms with van der Waals surface area (Å²) in [5, 5.41) is 15.6. The van der Waals surface area contributed by atoms with Gasteiger partial charge in [-0.15, -0.1) is 0 Å². The number of benzene rings is 3. The fourth-order valence-electron chi connectivity index (χ4n) is 3.72. The second kappa shape index (κ2) is 12.5. The van der Waals surface area contributed by atoms with Gasteiger partial charge in [0, 0.05) is 17.8 Å². The molecule has 2 N–H and O–H groups in total. The Hall–Kier alpha value is -4.86. The Bertz CT molecular complexity index is 1580. The zero-order chi connectivity index (χ0) is 29.7. The Morgan fingerprint density at radius 1 is 1.10 bits per heavy atom. The van der Waals surface area contributed by atoms with Crippen molar-refractivity contribution in [1.29, 1.82) is 0 Å². The molecule has 0 radical (unpaired) electrons. The monoisotopic (exact) mass is 674 g/mol. The van der Waals surface area contributed by atoms with E-state index in [0.717, 1.165) is 12.1 Å². The highest BCUT2D eigenvalue weighted by atomic mass is 127. The number of nitro benzene ring substituents is 1. The maximum absolute atomic E-state index is 13.2. The van der Waals surface area contributed by atoms with Gasteiger partial charge in [0.25, 0.3) is 23.4 Å². The molecule has 5 amide bonds. The molecule has 1 fully saturated rings. The molecule has 0 aliphatic carbocycles. The highest BCUT2D eigenvalue weighted by Gasteiger charge is 2.37. The number of carbonyl (C=O) groups excluding carboxylic acids is 4. The van der Waals surface area contributed by atoms with Crippen LogP contribution < -0.4 is 25.0 Å². The zero-order valence-electron chi connectivity index (χ0n) is 21.2. The van der Waals surface area contributed by atoms with Gasteiger partial charge in [-0.1, -0.05) is 0 Å². The first kappa shape index (κ1) is 29.1. The van der Waals surface area contributed by atoms with Crippen molar-refractivity contribution < 1.29 is 38.0 Å². The number of anilines is 2. The summed E-state index contributed by atoms with van der Waals surface area (Å²) in [5.41, 5.74) is 0.173. The fraction of sp³-hybridized carbons (Fsp3) is 0.111. The summed E-state index contributed by atoms with van der Waals surface area (Å²) in [6.45, 7) is 1.58. The van der Waals surface area contributed by atoms with Crippen LogP contribution >= 0.6 is 22.6 Å². The number of ether oxygens (including phenoxy) is 2. The lowest BCUT2D eigenvalue weighted by atomic mass is 10.1. The van der Waals surface area contributed by atoms with Crippen LogP contribution in [0.5, 0.6) is 11.5 Å². The SMILES string of the molecule is CCOc1cc(/C=C2/C(=O)NC(=O)N(c3ccc([N+](=O)[O-])cc3)C2=O)cc(I)c1OCC(=O)Nc1ccc(F)cc1. The topological polar surface area (TPSA) is 157 Å². The van der Waals surface area contributed by atoms with Gasteiger partial charge in [-0.25, -0.2) is 14.1 Å². The Morgan fingerprint density at radius 3 is 2.41 bits per heavy atom. The second-order valence-electron chi connectivity index (χ2n) is 8.34. The number of hydrogen-bond donors (Lipinski definition) is 2. The van der Waals surface area contributed by atoms with Crippen molar-refractivity contribution in [3.8, 4) is 11.5 Å². The molecule has 1 heterocycles. The Morgan fingerprint density at radius 2 is 1.78 bits per heavy atom. The van der Waals surface area contributed by atoms with Gasteiger partial charge in [-0.2, -0.15) is 0 Å². The lowest BCUT2D eigenvalue weighted by Gasteiger charge is -2.26. The Labute approximate surface area is 245 Å². The lowest BCUT2D eigenvalue weighted by Crippen LogP contribution is -2.54.